The molecule has 8 heteroatoms. The number of hydrogen-bond acceptors (Lipinski definition) is 6. The first-order valence-electron chi connectivity index (χ1n) is 8.20. The Labute approximate surface area is 158 Å². The summed E-state index contributed by atoms with van der Waals surface area (Å²) >= 11 is 0. The van der Waals surface area contributed by atoms with E-state index in [9.17, 15) is 13.2 Å². The van der Waals surface area contributed by atoms with Crippen LogP contribution in [0.2, 0.25) is 0 Å². The highest BCUT2D eigenvalue weighted by Gasteiger charge is 2.27. The number of rotatable bonds is 8. The molecule has 0 saturated carbocycles. The average Bonchev–Trinajstić information content (AvgIpc) is 2.67. The van der Waals surface area contributed by atoms with Gasteiger partial charge in [0.15, 0.2) is 0 Å². The van der Waals surface area contributed by atoms with Gasteiger partial charge in [-0.3, -0.25) is 9.10 Å². The van der Waals surface area contributed by atoms with E-state index in [4.69, 9.17) is 14.7 Å². The molecule has 2 rings (SSSR count). The van der Waals surface area contributed by atoms with E-state index >= 15 is 0 Å². The Balaban J connectivity index is 2.43. The minimum absolute atomic E-state index is 0.0219. The van der Waals surface area contributed by atoms with E-state index in [0.29, 0.717) is 11.4 Å². The maximum absolute atomic E-state index is 13.1. The van der Waals surface area contributed by atoms with E-state index in [0.717, 1.165) is 9.87 Å². The Kier molecular flexibility index (Phi) is 6.79. The van der Waals surface area contributed by atoms with Gasteiger partial charge in [0.1, 0.15) is 12.3 Å². The van der Waals surface area contributed by atoms with Crippen molar-refractivity contribution >= 4 is 21.7 Å². The molecule has 0 unspecified atom stereocenters. The van der Waals surface area contributed by atoms with Crippen LogP contribution in [-0.4, -0.2) is 34.6 Å². The van der Waals surface area contributed by atoms with E-state index < -0.39 is 22.5 Å². The van der Waals surface area contributed by atoms with Crippen LogP contribution in [0, 0.1) is 11.3 Å². The van der Waals surface area contributed by atoms with Crippen molar-refractivity contribution in [1.29, 1.82) is 5.26 Å². The number of carbonyl (C=O) groups is 1. The number of benzene rings is 2. The van der Waals surface area contributed by atoms with E-state index in [1.54, 1.807) is 31.2 Å². The summed E-state index contributed by atoms with van der Waals surface area (Å²) in [7, 11) is -2.52. The monoisotopic (exact) mass is 388 g/mol. The Hall–Kier alpha value is -3.05. The summed E-state index contributed by atoms with van der Waals surface area (Å²) in [4.78, 5) is 12.0. The second-order valence-corrected chi connectivity index (χ2v) is 7.36. The quantitative estimate of drug-likeness (QED) is 0.645. The molecule has 7 nitrogen and oxygen atoms in total. The molecule has 0 amide bonds. The fourth-order valence-corrected chi connectivity index (χ4v) is 3.79. The molecule has 0 N–H and O–H groups in total. The number of ether oxygens (including phenoxy) is 2. The lowest BCUT2D eigenvalue weighted by atomic mass is 10.1. The second-order valence-electron chi connectivity index (χ2n) is 5.49. The first-order valence-corrected chi connectivity index (χ1v) is 9.64. The normalized spacial score (nSPS) is 10.7. The molecule has 0 spiro atoms. The molecule has 0 aromatic heterocycles. The van der Waals surface area contributed by atoms with Crippen molar-refractivity contribution in [3.05, 3.63) is 54.1 Å². The highest BCUT2D eigenvalue weighted by Crippen LogP contribution is 2.25. The Bertz CT molecular complexity index is 916. The highest BCUT2D eigenvalue weighted by atomic mass is 32.2. The largest absolute Gasteiger partial charge is 0.497 e. The summed E-state index contributed by atoms with van der Waals surface area (Å²) < 4.78 is 37.2. The maximum Gasteiger partial charge on any atom is 0.326 e. The Morgan fingerprint density at radius 2 is 1.74 bits per heavy atom. The summed E-state index contributed by atoms with van der Waals surface area (Å²) in [6.45, 7) is 1.34. The molecule has 0 aliphatic rings. The molecular formula is C19H20N2O5S. The molecule has 0 bridgehead atoms. The summed E-state index contributed by atoms with van der Waals surface area (Å²) in [6.07, 6.45) is 0.212. The Morgan fingerprint density at radius 1 is 1.11 bits per heavy atom. The van der Waals surface area contributed by atoms with Crippen LogP contribution in [0.5, 0.6) is 5.75 Å². The molecule has 0 aliphatic carbocycles. The van der Waals surface area contributed by atoms with Crippen LogP contribution in [-0.2, 0) is 26.0 Å². The number of esters is 1. The van der Waals surface area contributed by atoms with Gasteiger partial charge in [0.05, 0.1) is 36.8 Å². The van der Waals surface area contributed by atoms with Crippen molar-refractivity contribution in [3.63, 3.8) is 0 Å². The number of nitrogens with zero attached hydrogens (tertiary/aromatic N) is 2. The summed E-state index contributed by atoms with van der Waals surface area (Å²) in [6, 6.07) is 14.4. The van der Waals surface area contributed by atoms with Gasteiger partial charge in [-0.2, -0.15) is 5.26 Å². The molecule has 2 aromatic carbocycles. The fourth-order valence-electron chi connectivity index (χ4n) is 2.39. The number of hydrogen-bond donors (Lipinski definition) is 0. The minimum Gasteiger partial charge on any atom is -0.497 e. The van der Waals surface area contributed by atoms with Crippen molar-refractivity contribution in [2.75, 3.05) is 24.6 Å². The molecule has 2 aromatic rings. The molecule has 0 heterocycles. The van der Waals surface area contributed by atoms with Gasteiger partial charge in [0.2, 0.25) is 0 Å². The number of anilines is 1. The van der Waals surface area contributed by atoms with Crippen molar-refractivity contribution in [2.45, 2.75) is 18.2 Å². The average molecular weight is 388 g/mol. The van der Waals surface area contributed by atoms with Crippen LogP contribution in [0.3, 0.4) is 0 Å². The predicted octanol–water partition coefficient (Wildman–Crippen LogP) is 2.52. The molecule has 0 fully saturated rings. The van der Waals surface area contributed by atoms with Crippen molar-refractivity contribution in [2.24, 2.45) is 0 Å². The number of carbonyl (C=O) groups excluding carboxylic acids is 1. The van der Waals surface area contributed by atoms with E-state index in [1.807, 2.05) is 6.07 Å². The van der Waals surface area contributed by atoms with Gasteiger partial charge in [-0.15, -0.1) is 0 Å². The van der Waals surface area contributed by atoms with Crippen molar-refractivity contribution in [3.8, 4) is 11.8 Å². The lowest BCUT2D eigenvalue weighted by Crippen LogP contribution is -2.36. The van der Waals surface area contributed by atoms with Crippen LogP contribution in [0.1, 0.15) is 12.5 Å². The number of nitriles is 1. The van der Waals surface area contributed by atoms with Crippen LogP contribution in [0.15, 0.2) is 53.4 Å². The van der Waals surface area contributed by atoms with Crippen LogP contribution >= 0.6 is 0 Å². The second kappa shape index (κ2) is 9.05. The van der Waals surface area contributed by atoms with Crippen LogP contribution in [0.4, 0.5) is 5.69 Å². The summed E-state index contributed by atoms with van der Waals surface area (Å²) in [5.74, 6) is -0.137. The zero-order valence-electron chi connectivity index (χ0n) is 15.1. The lowest BCUT2D eigenvalue weighted by molar-refractivity contribution is -0.141. The molecule has 0 atom stereocenters. The topological polar surface area (TPSA) is 96.7 Å². The third kappa shape index (κ3) is 4.99. The number of sulfonamides is 1. The van der Waals surface area contributed by atoms with E-state index in [-0.39, 0.29) is 17.9 Å². The van der Waals surface area contributed by atoms with Gasteiger partial charge < -0.3 is 9.47 Å². The van der Waals surface area contributed by atoms with Crippen LogP contribution in [0.25, 0.3) is 0 Å². The maximum atomic E-state index is 13.1. The molecule has 0 radical (unpaired) electrons. The van der Waals surface area contributed by atoms with Gasteiger partial charge in [-0.25, -0.2) is 8.42 Å². The number of methoxy groups -OCH3 is 1. The SMILES string of the molecule is CCOC(=O)CN(c1ccc(CC#N)cc1)S(=O)(=O)c1ccc(OC)cc1. The standard InChI is InChI=1S/C19H20N2O5S/c1-3-26-19(22)14-21(16-6-4-15(5-7-16)12-13-20)27(23,24)18-10-8-17(25-2)9-11-18/h4-11H,3,12,14H2,1-2H3. The highest BCUT2D eigenvalue weighted by molar-refractivity contribution is 7.92. The minimum atomic E-state index is -4.01. The van der Waals surface area contributed by atoms with E-state index in [1.165, 1.54) is 31.4 Å². The molecule has 0 aliphatic heterocycles. The molecular weight excluding hydrogens is 368 g/mol. The fraction of sp³-hybridized carbons (Fsp3) is 0.263. The molecule has 0 saturated heterocycles. The van der Waals surface area contributed by atoms with Gasteiger partial charge in [-0.05, 0) is 48.9 Å². The van der Waals surface area contributed by atoms with Gasteiger partial charge >= 0.3 is 5.97 Å². The Morgan fingerprint density at radius 3 is 2.26 bits per heavy atom. The predicted molar refractivity (Wildman–Crippen MR) is 99.9 cm³/mol. The van der Waals surface area contributed by atoms with Crippen molar-refractivity contribution in [1.82, 2.24) is 0 Å². The zero-order chi connectivity index (χ0) is 19.9. The molecule has 27 heavy (non-hydrogen) atoms. The van der Waals surface area contributed by atoms with Crippen molar-refractivity contribution < 1.29 is 22.7 Å². The van der Waals surface area contributed by atoms with E-state index in [2.05, 4.69) is 0 Å². The van der Waals surface area contributed by atoms with Gasteiger partial charge in [-0.1, -0.05) is 12.1 Å². The third-order valence-corrected chi connectivity index (χ3v) is 5.52. The summed E-state index contributed by atoms with van der Waals surface area (Å²) in [5.41, 5.74) is 1.06. The first kappa shape index (κ1) is 20.3. The van der Waals surface area contributed by atoms with Gasteiger partial charge in [0.25, 0.3) is 10.0 Å². The van der Waals surface area contributed by atoms with Crippen LogP contribution < -0.4 is 9.04 Å². The lowest BCUT2D eigenvalue weighted by Gasteiger charge is -2.24. The smallest absolute Gasteiger partial charge is 0.326 e. The zero-order valence-corrected chi connectivity index (χ0v) is 15.9. The third-order valence-electron chi connectivity index (χ3n) is 3.73. The summed E-state index contributed by atoms with van der Waals surface area (Å²) in [5, 5.41) is 8.77. The van der Waals surface area contributed by atoms with Gasteiger partial charge in [0, 0.05) is 0 Å². The molecule has 142 valence electrons. The first-order chi connectivity index (χ1) is 12.9.